The predicted octanol–water partition coefficient (Wildman–Crippen LogP) is 3.98. The highest BCUT2D eigenvalue weighted by Gasteiger charge is 2.15. The summed E-state index contributed by atoms with van der Waals surface area (Å²) in [6, 6.07) is 2.56. The van der Waals surface area contributed by atoms with Gasteiger partial charge in [-0.05, 0) is 53.7 Å². The van der Waals surface area contributed by atoms with E-state index >= 15 is 0 Å². The maximum atomic E-state index is 5.29. The van der Waals surface area contributed by atoms with Crippen molar-refractivity contribution in [3.8, 4) is 0 Å². The van der Waals surface area contributed by atoms with Gasteiger partial charge in [0.1, 0.15) is 0 Å². The van der Waals surface area contributed by atoms with E-state index in [9.17, 15) is 0 Å². The van der Waals surface area contributed by atoms with Crippen LogP contribution >= 0.6 is 27.3 Å². The Morgan fingerprint density at radius 1 is 1.50 bits per heavy atom. The van der Waals surface area contributed by atoms with Crippen LogP contribution < -0.4 is 5.32 Å². The molecule has 0 aliphatic rings. The van der Waals surface area contributed by atoms with Crippen LogP contribution in [0.15, 0.2) is 15.9 Å². The molecule has 1 rings (SSSR count). The first-order chi connectivity index (χ1) is 7.69. The van der Waals surface area contributed by atoms with Gasteiger partial charge in [-0.25, -0.2) is 0 Å². The number of thiophene rings is 1. The number of hydrogen-bond acceptors (Lipinski definition) is 3. The van der Waals surface area contributed by atoms with Gasteiger partial charge >= 0.3 is 0 Å². The van der Waals surface area contributed by atoms with Crippen LogP contribution in [-0.4, -0.2) is 19.8 Å². The highest BCUT2D eigenvalue weighted by molar-refractivity contribution is 9.10. The zero-order valence-electron chi connectivity index (χ0n) is 10.1. The molecule has 0 aliphatic carbocycles. The van der Waals surface area contributed by atoms with Crippen LogP contribution in [0.5, 0.6) is 0 Å². The summed E-state index contributed by atoms with van der Waals surface area (Å²) in [7, 11) is 1.77. The zero-order valence-corrected chi connectivity index (χ0v) is 12.5. The third-order valence-electron chi connectivity index (χ3n) is 2.68. The Morgan fingerprint density at radius 3 is 2.75 bits per heavy atom. The number of nitrogens with one attached hydrogen (secondary N) is 1. The molecule has 1 aromatic heterocycles. The van der Waals surface area contributed by atoms with E-state index in [4.69, 9.17) is 4.74 Å². The van der Waals surface area contributed by atoms with Crippen molar-refractivity contribution in [2.75, 3.05) is 13.7 Å². The Kier molecular flexibility index (Phi) is 6.58. The monoisotopic (exact) mass is 305 g/mol. The summed E-state index contributed by atoms with van der Waals surface area (Å²) in [5, 5.41) is 5.66. The SMILES string of the molecule is CCNC(CCC(C)OC)c1sccc1Br. The van der Waals surface area contributed by atoms with E-state index in [2.05, 4.69) is 46.5 Å². The van der Waals surface area contributed by atoms with Gasteiger partial charge in [0.15, 0.2) is 0 Å². The smallest absolute Gasteiger partial charge is 0.0543 e. The molecule has 0 radical (unpaired) electrons. The second kappa shape index (κ2) is 7.43. The lowest BCUT2D eigenvalue weighted by Crippen LogP contribution is -2.21. The first-order valence-electron chi connectivity index (χ1n) is 5.68. The molecule has 0 amide bonds. The van der Waals surface area contributed by atoms with Gasteiger partial charge in [-0.1, -0.05) is 6.92 Å². The molecule has 0 saturated carbocycles. The van der Waals surface area contributed by atoms with Crippen LogP contribution in [0.3, 0.4) is 0 Å². The van der Waals surface area contributed by atoms with Crippen molar-refractivity contribution < 1.29 is 4.74 Å². The van der Waals surface area contributed by atoms with E-state index in [0.717, 1.165) is 19.4 Å². The Hall–Kier alpha value is 0.100. The molecule has 2 nitrogen and oxygen atoms in total. The fourth-order valence-electron chi connectivity index (χ4n) is 1.65. The van der Waals surface area contributed by atoms with E-state index in [1.54, 1.807) is 18.4 Å². The first kappa shape index (κ1) is 14.2. The minimum atomic E-state index is 0.333. The van der Waals surface area contributed by atoms with Crippen LogP contribution in [0.25, 0.3) is 0 Å². The van der Waals surface area contributed by atoms with E-state index in [1.165, 1.54) is 9.35 Å². The Bertz CT molecular complexity index is 303. The summed E-state index contributed by atoms with van der Waals surface area (Å²) in [4.78, 5) is 1.39. The van der Waals surface area contributed by atoms with Crippen LogP contribution in [0.4, 0.5) is 0 Å². The number of rotatable bonds is 7. The summed E-state index contributed by atoms with van der Waals surface area (Å²) in [5.74, 6) is 0. The molecule has 16 heavy (non-hydrogen) atoms. The summed E-state index contributed by atoms with van der Waals surface area (Å²) in [5.41, 5.74) is 0. The predicted molar refractivity (Wildman–Crippen MR) is 74.1 cm³/mol. The van der Waals surface area contributed by atoms with E-state index < -0.39 is 0 Å². The second-order valence-electron chi connectivity index (χ2n) is 3.87. The van der Waals surface area contributed by atoms with Crippen LogP contribution in [0.2, 0.25) is 0 Å². The van der Waals surface area contributed by atoms with Crippen molar-refractivity contribution in [3.05, 3.63) is 20.8 Å². The molecule has 1 N–H and O–H groups in total. The molecule has 0 bridgehead atoms. The lowest BCUT2D eigenvalue weighted by Gasteiger charge is -2.19. The fourth-order valence-corrected chi connectivity index (χ4v) is 3.41. The maximum absolute atomic E-state index is 5.29. The van der Waals surface area contributed by atoms with Crippen molar-refractivity contribution >= 4 is 27.3 Å². The second-order valence-corrected chi connectivity index (χ2v) is 5.67. The Balaban J connectivity index is 2.58. The molecule has 1 aromatic rings. The van der Waals surface area contributed by atoms with E-state index in [-0.39, 0.29) is 0 Å². The van der Waals surface area contributed by atoms with Gasteiger partial charge in [0.2, 0.25) is 0 Å². The number of ether oxygens (including phenoxy) is 1. The minimum Gasteiger partial charge on any atom is -0.382 e. The molecule has 0 aromatic carbocycles. The quantitative estimate of drug-likeness (QED) is 0.823. The van der Waals surface area contributed by atoms with E-state index in [1.807, 2.05) is 0 Å². The summed E-state index contributed by atoms with van der Waals surface area (Å²) in [6.45, 7) is 5.26. The third-order valence-corrected chi connectivity index (χ3v) is 4.66. The summed E-state index contributed by atoms with van der Waals surface area (Å²) in [6.07, 6.45) is 2.53. The normalized spacial score (nSPS) is 15.0. The van der Waals surface area contributed by atoms with Crippen LogP contribution in [-0.2, 0) is 4.74 Å². The van der Waals surface area contributed by atoms with Gasteiger partial charge in [-0.3, -0.25) is 0 Å². The summed E-state index contributed by atoms with van der Waals surface area (Å²) >= 11 is 5.41. The van der Waals surface area contributed by atoms with Gasteiger partial charge in [-0.2, -0.15) is 0 Å². The summed E-state index contributed by atoms with van der Waals surface area (Å²) < 4.78 is 6.51. The number of methoxy groups -OCH3 is 1. The van der Waals surface area contributed by atoms with Crippen LogP contribution in [0.1, 0.15) is 37.6 Å². The topological polar surface area (TPSA) is 21.3 Å². The molecular weight excluding hydrogens is 286 g/mol. The average molecular weight is 306 g/mol. The molecule has 92 valence electrons. The van der Waals surface area contributed by atoms with Gasteiger partial charge in [-0.15, -0.1) is 11.3 Å². The van der Waals surface area contributed by atoms with Crippen molar-refractivity contribution in [1.29, 1.82) is 0 Å². The fraction of sp³-hybridized carbons (Fsp3) is 0.667. The number of hydrogen-bond donors (Lipinski definition) is 1. The molecule has 2 unspecified atom stereocenters. The minimum absolute atomic E-state index is 0.333. The van der Waals surface area contributed by atoms with Gasteiger partial charge in [0, 0.05) is 22.5 Å². The average Bonchev–Trinajstić information content (AvgIpc) is 2.70. The Morgan fingerprint density at radius 2 is 2.25 bits per heavy atom. The standard InChI is InChI=1S/C12H20BrNOS/c1-4-14-11(6-5-9(2)15-3)12-10(13)7-8-16-12/h7-9,11,14H,4-6H2,1-3H3. The van der Waals surface area contributed by atoms with Crippen molar-refractivity contribution in [1.82, 2.24) is 5.32 Å². The molecule has 0 spiro atoms. The molecule has 0 saturated heterocycles. The highest BCUT2D eigenvalue weighted by atomic mass is 79.9. The van der Waals surface area contributed by atoms with Crippen molar-refractivity contribution in [3.63, 3.8) is 0 Å². The molecule has 1 heterocycles. The van der Waals surface area contributed by atoms with E-state index in [0.29, 0.717) is 12.1 Å². The van der Waals surface area contributed by atoms with Gasteiger partial charge < -0.3 is 10.1 Å². The lowest BCUT2D eigenvalue weighted by atomic mass is 10.1. The van der Waals surface area contributed by atoms with Gasteiger partial charge in [0.25, 0.3) is 0 Å². The zero-order chi connectivity index (χ0) is 12.0. The number of halogens is 1. The molecule has 2 atom stereocenters. The lowest BCUT2D eigenvalue weighted by molar-refractivity contribution is 0.106. The molecule has 4 heteroatoms. The largest absolute Gasteiger partial charge is 0.382 e. The first-order valence-corrected chi connectivity index (χ1v) is 7.35. The van der Waals surface area contributed by atoms with Crippen LogP contribution in [0, 0.1) is 0 Å². The Labute approximate surface area is 111 Å². The molecular formula is C12H20BrNOS. The molecule has 0 fully saturated rings. The van der Waals surface area contributed by atoms with Gasteiger partial charge in [0.05, 0.1) is 6.10 Å². The third kappa shape index (κ3) is 4.17. The van der Waals surface area contributed by atoms with Crippen molar-refractivity contribution in [2.45, 2.75) is 38.8 Å². The van der Waals surface area contributed by atoms with Crippen molar-refractivity contribution in [2.24, 2.45) is 0 Å². The molecule has 0 aliphatic heterocycles. The maximum Gasteiger partial charge on any atom is 0.0543 e. The highest BCUT2D eigenvalue weighted by Crippen LogP contribution is 2.31.